The number of nitrogens with one attached hydrogen (secondary N) is 2. The average molecular weight is 401 g/mol. The van der Waals surface area contributed by atoms with Crippen LogP contribution in [0.2, 0.25) is 0 Å². The quantitative estimate of drug-likeness (QED) is 0.415. The van der Waals surface area contributed by atoms with Crippen molar-refractivity contribution in [2.24, 2.45) is 0 Å². The molecule has 0 aliphatic heterocycles. The van der Waals surface area contributed by atoms with E-state index in [4.69, 9.17) is 4.74 Å². The highest BCUT2D eigenvalue weighted by atomic mass is 19.1. The van der Waals surface area contributed by atoms with Gasteiger partial charge in [-0.15, -0.1) is 0 Å². The van der Waals surface area contributed by atoms with Gasteiger partial charge in [0.05, 0.1) is 10.5 Å². The van der Waals surface area contributed by atoms with Gasteiger partial charge in [-0.05, 0) is 56.5 Å². The summed E-state index contributed by atoms with van der Waals surface area (Å²) < 4.78 is 18.7. The lowest BCUT2D eigenvalue weighted by Crippen LogP contribution is -2.30. The second-order valence-corrected chi connectivity index (χ2v) is 6.91. The molecule has 0 spiro atoms. The number of nitro groups is 1. The molecule has 1 fully saturated rings. The lowest BCUT2D eigenvalue weighted by molar-refractivity contribution is -0.384. The van der Waals surface area contributed by atoms with Crippen molar-refractivity contribution < 1.29 is 23.6 Å². The van der Waals surface area contributed by atoms with Gasteiger partial charge in [0.1, 0.15) is 11.5 Å². The molecule has 1 atom stereocenters. The number of nitrogens with zero attached hydrogens (tertiary/aromatic N) is 1. The van der Waals surface area contributed by atoms with E-state index in [2.05, 4.69) is 10.6 Å². The van der Waals surface area contributed by atoms with E-state index >= 15 is 0 Å². The average Bonchev–Trinajstić information content (AvgIpc) is 3.48. The smallest absolute Gasteiger partial charge is 0.339 e. The summed E-state index contributed by atoms with van der Waals surface area (Å²) in [5, 5.41) is 16.8. The first-order valence-electron chi connectivity index (χ1n) is 9.07. The van der Waals surface area contributed by atoms with Gasteiger partial charge >= 0.3 is 5.97 Å². The topological polar surface area (TPSA) is 111 Å². The maximum Gasteiger partial charge on any atom is 0.339 e. The normalized spacial score (nSPS) is 14.0. The monoisotopic (exact) mass is 401 g/mol. The molecule has 0 radical (unpaired) electrons. The number of hydrogen-bond acceptors (Lipinski definition) is 6. The number of aryl methyl sites for hydroxylation is 1. The SMILES string of the molecule is Cc1ccc(NC(=O)[C@H](C)OC(=O)c2ccc(NC3CC3)c([N+](=O)[O-])c2)cc1F. The van der Waals surface area contributed by atoms with Gasteiger partial charge in [-0.1, -0.05) is 6.07 Å². The van der Waals surface area contributed by atoms with Crippen LogP contribution in [0.25, 0.3) is 0 Å². The first-order valence-corrected chi connectivity index (χ1v) is 9.07. The maximum absolute atomic E-state index is 13.6. The number of benzene rings is 2. The van der Waals surface area contributed by atoms with Gasteiger partial charge < -0.3 is 15.4 Å². The molecule has 29 heavy (non-hydrogen) atoms. The Morgan fingerprint density at radius 3 is 2.59 bits per heavy atom. The molecule has 152 valence electrons. The molecule has 1 saturated carbocycles. The predicted molar refractivity (Wildman–Crippen MR) is 104 cm³/mol. The number of ether oxygens (including phenoxy) is 1. The Balaban J connectivity index is 1.66. The standard InChI is InChI=1S/C20H20FN3O5/c1-11-3-5-15(10-16(11)21)23-19(25)12(2)29-20(26)13-4-8-17(22-14-6-7-14)18(9-13)24(27)28/h3-5,8-10,12,14,22H,6-7H2,1-2H3,(H,23,25)/t12-/m0/s1. The Labute approximate surface area is 166 Å². The van der Waals surface area contributed by atoms with E-state index < -0.39 is 28.7 Å². The summed E-state index contributed by atoms with van der Waals surface area (Å²) >= 11 is 0. The molecule has 0 aromatic heterocycles. The minimum atomic E-state index is -1.19. The zero-order chi connectivity index (χ0) is 21.1. The van der Waals surface area contributed by atoms with E-state index in [1.165, 1.54) is 31.2 Å². The molecule has 0 saturated heterocycles. The van der Waals surface area contributed by atoms with Crippen LogP contribution in [0.15, 0.2) is 36.4 Å². The summed E-state index contributed by atoms with van der Waals surface area (Å²) in [5.74, 6) is -1.99. The van der Waals surface area contributed by atoms with Crippen molar-refractivity contribution in [1.82, 2.24) is 0 Å². The molecule has 3 rings (SSSR count). The van der Waals surface area contributed by atoms with Gasteiger partial charge in [0, 0.05) is 17.8 Å². The predicted octanol–water partition coefficient (Wildman–Crippen LogP) is 3.80. The van der Waals surface area contributed by atoms with Crippen molar-refractivity contribution in [2.75, 3.05) is 10.6 Å². The van der Waals surface area contributed by atoms with E-state index in [1.807, 2.05) is 0 Å². The number of carbonyl (C=O) groups excluding carboxylic acids is 2. The maximum atomic E-state index is 13.6. The Morgan fingerprint density at radius 1 is 1.24 bits per heavy atom. The number of nitro benzene ring substituents is 1. The van der Waals surface area contributed by atoms with E-state index in [0.29, 0.717) is 11.3 Å². The molecule has 0 bridgehead atoms. The fourth-order valence-corrected chi connectivity index (χ4v) is 2.58. The molecule has 1 aliphatic rings. The van der Waals surface area contributed by atoms with Crippen LogP contribution in [-0.2, 0) is 9.53 Å². The van der Waals surface area contributed by atoms with Crippen LogP contribution < -0.4 is 10.6 Å². The van der Waals surface area contributed by atoms with Crippen molar-refractivity contribution in [1.29, 1.82) is 0 Å². The molecule has 0 heterocycles. The van der Waals surface area contributed by atoms with E-state index in [9.17, 15) is 24.1 Å². The highest BCUT2D eigenvalue weighted by Gasteiger charge is 2.26. The van der Waals surface area contributed by atoms with Crippen LogP contribution in [-0.4, -0.2) is 28.9 Å². The number of anilines is 2. The summed E-state index contributed by atoms with van der Waals surface area (Å²) in [4.78, 5) is 35.3. The molecular formula is C20H20FN3O5. The number of hydrogen-bond donors (Lipinski definition) is 2. The van der Waals surface area contributed by atoms with Crippen LogP contribution in [0.5, 0.6) is 0 Å². The van der Waals surface area contributed by atoms with Crippen LogP contribution in [0.3, 0.4) is 0 Å². The van der Waals surface area contributed by atoms with E-state index in [-0.39, 0.29) is 23.0 Å². The number of rotatable bonds is 7. The number of amides is 1. The Morgan fingerprint density at radius 2 is 1.97 bits per heavy atom. The molecule has 2 aromatic carbocycles. The zero-order valence-corrected chi connectivity index (χ0v) is 15.9. The lowest BCUT2D eigenvalue weighted by atomic mass is 10.1. The lowest BCUT2D eigenvalue weighted by Gasteiger charge is -2.14. The second kappa shape index (κ2) is 8.26. The molecule has 1 aliphatic carbocycles. The summed E-state index contributed by atoms with van der Waals surface area (Å²) in [6.07, 6.45) is 0.701. The zero-order valence-electron chi connectivity index (χ0n) is 15.9. The highest BCUT2D eigenvalue weighted by molar-refractivity contribution is 5.97. The number of esters is 1. The van der Waals surface area contributed by atoms with Crippen molar-refractivity contribution in [3.8, 4) is 0 Å². The van der Waals surface area contributed by atoms with Gasteiger partial charge in [0.15, 0.2) is 6.10 Å². The van der Waals surface area contributed by atoms with Gasteiger partial charge in [-0.3, -0.25) is 14.9 Å². The van der Waals surface area contributed by atoms with Gasteiger partial charge in [0.25, 0.3) is 11.6 Å². The molecule has 9 heteroatoms. The third kappa shape index (κ3) is 5.07. The van der Waals surface area contributed by atoms with Crippen LogP contribution in [0.4, 0.5) is 21.5 Å². The van der Waals surface area contributed by atoms with Gasteiger partial charge in [0.2, 0.25) is 0 Å². The molecular weight excluding hydrogens is 381 g/mol. The first-order chi connectivity index (χ1) is 13.7. The summed E-state index contributed by atoms with van der Waals surface area (Å²) in [6, 6.07) is 8.39. The van der Waals surface area contributed by atoms with E-state index in [0.717, 1.165) is 25.0 Å². The van der Waals surface area contributed by atoms with Crippen molar-refractivity contribution >= 4 is 28.9 Å². The van der Waals surface area contributed by atoms with Crippen molar-refractivity contribution in [2.45, 2.75) is 38.8 Å². The summed E-state index contributed by atoms with van der Waals surface area (Å²) in [7, 11) is 0. The van der Waals surface area contributed by atoms with Crippen molar-refractivity contribution in [3.63, 3.8) is 0 Å². The van der Waals surface area contributed by atoms with Crippen molar-refractivity contribution in [3.05, 3.63) is 63.5 Å². The van der Waals surface area contributed by atoms with Gasteiger partial charge in [-0.25, -0.2) is 9.18 Å². The third-order valence-corrected chi connectivity index (χ3v) is 4.46. The molecule has 2 aromatic rings. The largest absolute Gasteiger partial charge is 0.449 e. The Hall–Kier alpha value is -3.49. The third-order valence-electron chi connectivity index (χ3n) is 4.46. The Bertz CT molecular complexity index is 975. The fourth-order valence-electron chi connectivity index (χ4n) is 2.58. The van der Waals surface area contributed by atoms with Crippen LogP contribution in [0, 0.1) is 22.9 Å². The Kier molecular flexibility index (Phi) is 5.76. The molecule has 1 amide bonds. The minimum absolute atomic E-state index is 0.0425. The molecule has 8 nitrogen and oxygen atoms in total. The highest BCUT2D eigenvalue weighted by Crippen LogP contribution is 2.31. The fraction of sp³-hybridized carbons (Fsp3) is 0.300. The second-order valence-electron chi connectivity index (χ2n) is 6.91. The van der Waals surface area contributed by atoms with Crippen LogP contribution >= 0.6 is 0 Å². The molecule has 0 unspecified atom stereocenters. The van der Waals surface area contributed by atoms with E-state index in [1.54, 1.807) is 6.92 Å². The number of carbonyl (C=O) groups is 2. The van der Waals surface area contributed by atoms with Gasteiger partial charge in [-0.2, -0.15) is 0 Å². The summed E-state index contributed by atoms with van der Waals surface area (Å²) in [6.45, 7) is 2.95. The summed E-state index contributed by atoms with van der Waals surface area (Å²) in [5.41, 5.74) is 0.717. The van der Waals surface area contributed by atoms with Crippen LogP contribution in [0.1, 0.15) is 35.7 Å². The first kappa shape index (κ1) is 20.2. The minimum Gasteiger partial charge on any atom is -0.449 e. The number of halogens is 1. The molecule has 2 N–H and O–H groups in total.